The molecule has 0 saturated heterocycles. The predicted molar refractivity (Wildman–Crippen MR) is 88.2 cm³/mol. The van der Waals surface area contributed by atoms with Crippen LogP contribution in [0.2, 0.25) is 0 Å². The largest absolute Gasteiger partial charge is 0.351 e. The lowest BCUT2D eigenvalue weighted by Crippen LogP contribution is -2.46. The Morgan fingerprint density at radius 2 is 1.57 bits per heavy atom. The van der Waals surface area contributed by atoms with E-state index in [9.17, 15) is 19.2 Å². The zero-order chi connectivity index (χ0) is 17.6. The molecule has 4 N–H and O–H groups in total. The molecule has 1 aliphatic heterocycles. The Labute approximate surface area is 142 Å². The molecule has 0 aromatic heterocycles. The van der Waals surface area contributed by atoms with Gasteiger partial charge < -0.3 is 5.73 Å². The molecule has 0 atom stereocenters. The number of amides is 5. The Hall–Kier alpha value is -2.22. The van der Waals surface area contributed by atoms with Gasteiger partial charge in [-0.25, -0.2) is 4.79 Å². The smallest absolute Gasteiger partial charge is 0.318 e. The van der Waals surface area contributed by atoms with Crippen LogP contribution in [0.4, 0.5) is 4.79 Å². The van der Waals surface area contributed by atoms with Gasteiger partial charge in [0, 0.05) is 0 Å². The third-order valence-electron chi connectivity index (χ3n) is 3.41. The van der Waals surface area contributed by atoms with E-state index in [1.165, 1.54) is 0 Å². The molecule has 0 bridgehead atoms. The molecule has 7 nitrogen and oxygen atoms in total. The number of hydrogen-bond donors (Lipinski definition) is 3. The second-order valence-corrected chi connectivity index (χ2v) is 6.34. The Bertz CT molecular complexity index is 608. The summed E-state index contributed by atoms with van der Waals surface area (Å²) in [6.07, 6.45) is 1.23. The summed E-state index contributed by atoms with van der Waals surface area (Å²) in [6, 6.07) is 5.92. The van der Waals surface area contributed by atoms with Crippen molar-refractivity contribution in [1.29, 1.82) is 0 Å². The molecule has 0 spiro atoms. The van der Waals surface area contributed by atoms with E-state index >= 15 is 0 Å². The van der Waals surface area contributed by atoms with Crippen LogP contribution < -0.4 is 16.4 Å². The summed E-state index contributed by atoms with van der Waals surface area (Å²) in [5.41, 5.74) is 5.75. The lowest BCUT2D eigenvalue weighted by Gasteiger charge is -2.21. The van der Waals surface area contributed by atoms with Crippen LogP contribution in [-0.4, -0.2) is 28.1 Å². The fraction of sp³-hybridized carbons (Fsp3) is 0.333. The summed E-state index contributed by atoms with van der Waals surface area (Å²) >= 11 is 3.26. The highest BCUT2D eigenvalue weighted by Crippen LogP contribution is 2.26. The molecular formula is C15H18BrN3O4. The van der Waals surface area contributed by atoms with Gasteiger partial charge in [-0.2, -0.15) is 0 Å². The van der Waals surface area contributed by atoms with Crippen molar-refractivity contribution in [3.63, 3.8) is 0 Å². The van der Waals surface area contributed by atoms with Gasteiger partial charge in [0.15, 0.2) is 0 Å². The first-order valence-corrected chi connectivity index (χ1v) is 7.79. The van der Waals surface area contributed by atoms with Crippen molar-refractivity contribution in [2.75, 3.05) is 0 Å². The van der Waals surface area contributed by atoms with E-state index in [4.69, 9.17) is 5.73 Å². The van der Waals surface area contributed by atoms with Gasteiger partial charge in [-0.1, -0.05) is 41.9 Å². The maximum atomic E-state index is 11.3. The van der Waals surface area contributed by atoms with Gasteiger partial charge in [0.1, 0.15) is 4.32 Å². The number of carbonyl (C=O) groups is 4. The zero-order valence-corrected chi connectivity index (χ0v) is 14.4. The molecule has 8 heteroatoms. The zero-order valence-electron chi connectivity index (χ0n) is 12.8. The molecule has 1 heterocycles. The van der Waals surface area contributed by atoms with E-state index in [1.54, 1.807) is 24.3 Å². The molecular weight excluding hydrogens is 366 g/mol. The number of urea groups is 1. The highest BCUT2D eigenvalue weighted by atomic mass is 79.9. The van der Waals surface area contributed by atoms with Crippen molar-refractivity contribution in [2.24, 2.45) is 5.73 Å². The van der Waals surface area contributed by atoms with Crippen molar-refractivity contribution in [2.45, 2.75) is 31.0 Å². The van der Waals surface area contributed by atoms with Crippen LogP contribution in [0.15, 0.2) is 24.3 Å². The minimum absolute atomic E-state index is 0.300. The van der Waals surface area contributed by atoms with Gasteiger partial charge in [0.25, 0.3) is 11.8 Å². The van der Waals surface area contributed by atoms with Crippen LogP contribution in [0.5, 0.6) is 0 Å². The number of imide groups is 2. The SMILES string of the molecule is CCC(Br)(CC)C(=O)NC(N)=O.O=C1NC(=O)c2ccccc21. The summed E-state index contributed by atoms with van der Waals surface area (Å²) in [5, 5.41) is 4.24. The third kappa shape index (κ3) is 4.62. The van der Waals surface area contributed by atoms with Crippen LogP contribution in [-0.2, 0) is 4.79 Å². The highest BCUT2D eigenvalue weighted by Gasteiger charge is 2.32. The molecule has 1 aromatic carbocycles. The average molecular weight is 384 g/mol. The van der Waals surface area contributed by atoms with Crippen molar-refractivity contribution < 1.29 is 19.2 Å². The topological polar surface area (TPSA) is 118 Å². The molecule has 5 amide bonds. The number of alkyl halides is 1. The lowest BCUT2D eigenvalue weighted by atomic mass is 10.0. The van der Waals surface area contributed by atoms with Crippen LogP contribution in [0.25, 0.3) is 0 Å². The summed E-state index contributed by atoms with van der Waals surface area (Å²) in [4.78, 5) is 43.5. The van der Waals surface area contributed by atoms with E-state index < -0.39 is 10.4 Å². The van der Waals surface area contributed by atoms with E-state index in [1.807, 2.05) is 19.2 Å². The Balaban J connectivity index is 0.000000230. The van der Waals surface area contributed by atoms with Gasteiger partial charge in [-0.15, -0.1) is 0 Å². The van der Waals surface area contributed by atoms with Crippen molar-refractivity contribution in [3.05, 3.63) is 35.4 Å². The molecule has 0 radical (unpaired) electrons. The second-order valence-electron chi connectivity index (χ2n) is 4.82. The maximum absolute atomic E-state index is 11.3. The quantitative estimate of drug-likeness (QED) is 0.543. The number of benzene rings is 1. The predicted octanol–water partition coefficient (Wildman–Crippen LogP) is 1.71. The standard InChI is InChI=1S/C8H5NO2.C7H13BrN2O2/c10-7-5-3-1-2-4-6(5)8(11)9-7;1-3-7(8,4-2)5(11)10-6(9)12/h1-4H,(H,9,10,11);3-4H2,1-2H3,(H3,9,10,11,12). The Morgan fingerprint density at radius 3 is 1.91 bits per heavy atom. The summed E-state index contributed by atoms with van der Waals surface area (Å²) in [6.45, 7) is 3.72. The molecule has 23 heavy (non-hydrogen) atoms. The van der Waals surface area contributed by atoms with E-state index in [0.717, 1.165) is 0 Å². The minimum Gasteiger partial charge on any atom is -0.351 e. The first-order valence-electron chi connectivity index (χ1n) is 6.99. The first kappa shape index (κ1) is 18.8. The molecule has 124 valence electrons. The van der Waals surface area contributed by atoms with Gasteiger partial charge in [-0.3, -0.25) is 25.0 Å². The van der Waals surface area contributed by atoms with Crippen molar-refractivity contribution in [3.8, 4) is 0 Å². The second kappa shape index (κ2) is 7.87. The summed E-state index contributed by atoms with van der Waals surface area (Å²) in [7, 11) is 0. The van der Waals surface area contributed by atoms with Gasteiger partial charge in [0.2, 0.25) is 5.91 Å². The molecule has 1 aliphatic rings. The third-order valence-corrected chi connectivity index (χ3v) is 4.89. The normalized spacial score (nSPS) is 12.7. The fourth-order valence-electron chi connectivity index (χ4n) is 1.91. The van der Waals surface area contributed by atoms with Crippen molar-refractivity contribution in [1.82, 2.24) is 10.6 Å². The number of fused-ring (bicyclic) bond motifs is 1. The van der Waals surface area contributed by atoms with Crippen LogP contribution in [0.1, 0.15) is 47.4 Å². The van der Waals surface area contributed by atoms with E-state index in [0.29, 0.717) is 24.0 Å². The van der Waals surface area contributed by atoms with E-state index in [2.05, 4.69) is 21.2 Å². The first-order chi connectivity index (χ1) is 10.7. The molecule has 0 fully saturated rings. The summed E-state index contributed by atoms with van der Waals surface area (Å²) in [5.74, 6) is -0.976. The summed E-state index contributed by atoms with van der Waals surface area (Å²) < 4.78 is -0.665. The van der Waals surface area contributed by atoms with Gasteiger partial charge in [0.05, 0.1) is 11.1 Å². The van der Waals surface area contributed by atoms with E-state index in [-0.39, 0.29) is 17.7 Å². The fourth-order valence-corrected chi connectivity index (χ4v) is 2.01. The van der Waals surface area contributed by atoms with Crippen molar-refractivity contribution >= 4 is 39.7 Å². The van der Waals surface area contributed by atoms with Crippen LogP contribution >= 0.6 is 15.9 Å². The molecule has 0 unspecified atom stereocenters. The number of primary amides is 1. The Morgan fingerprint density at radius 1 is 1.13 bits per heavy atom. The lowest BCUT2D eigenvalue weighted by molar-refractivity contribution is -0.122. The minimum atomic E-state index is -0.814. The van der Waals surface area contributed by atoms with Crippen LogP contribution in [0, 0.1) is 0 Å². The molecule has 2 rings (SSSR count). The van der Waals surface area contributed by atoms with Crippen LogP contribution in [0.3, 0.4) is 0 Å². The average Bonchev–Trinajstić information content (AvgIpc) is 2.82. The Kier molecular flexibility index (Phi) is 6.44. The maximum Gasteiger partial charge on any atom is 0.318 e. The highest BCUT2D eigenvalue weighted by molar-refractivity contribution is 9.10. The van der Waals surface area contributed by atoms with Gasteiger partial charge in [-0.05, 0) is 25.0 Å². The monoisotopic (exact) mass is 383 g/mol. The molecule has 1 aromatic rings. The number of halogens is 1. The number of hydrogen-bond acceptors (Lipinski definition) is 4. The number of rotatable bonds is 3. The number of nitrogens with two attached hydrogens (primary N) is 1. The number of nitrogens with one attached hydrogen (secondary N) is 2. The number of carbonyl (C=O) groups excluding carboxylic acids is 4. The van der Waals surface area contributed by atoms with Gasteiger partial charge >= 0.3 is 6.03 Å². The molecule has 0 saturated carbocycles. The molecule has 0 aliphatic carbocycles.